The standard InChI is InChI=1S/C8H13NO/c1-2-7(6-10)8-4-3-5-9-8/h3-5,7,9-10H,2,6H2,1H3. The molecule has 2 N–H and O–H groups in total. The van der Waals surface area contributed by atoms with Crippen LogP contribution in [-0.4, -0.2) is 16.7 Å². The van der Waals surface area contributed by atoms with Crippen molar-refractivity contribution in [2.24, 2.45) is 0 Å². The van der Waals surface area contributed by atoms with E-state index < -0.39 is 0 Å². The number of H-pyrrole nitrogens is 1. The van der Waals surface area contributed by atoms with Crippen LogP contribution in [0.5, 0.6) is 0 Å². The predicted octanol–water partition coefficient (Wildman–Crippen LogP) is 1.50. The molecule has 1 heterocycles. The topological polar surface area (TPSA) is 36.0 Å². The van der Waals surface area contributed by atoms with Crippen LogP contribution in [0, 0.1) is 0 Å². The Morgan fingerprint density at radius 3 is 2.90 bits per heavy atom. The molecule has 1 aromatic heterocycles. The van der Waals surface area contributed by atoms with Gasteiger partial charge in [-0.05, 0) is 18.6 Å². The summed E-state index contributed by atoms with van der Waals surface area (Å²) < 4.78 is 0. The molecule has 2 nitrogen and oxygen atoms in total. The molecular weight excluding hydrogens is 126 g/mol. The molecular formula is C8H13NO. The van der Waals surface area contributed by atoms with Crippen LogP contribution < -0.4 is 0 Å². The van der Waals surface area contributed by atoms with E-state index in [1.807, 2.05) is 18.3 Å². The highest BCUT2D eigenvalue weighted by Gasteiger charge is 2.06. The van der Waals surface area contributed by atoms with Crippen LogP contribution >= 0.6 is 0 Å². The van der Waals surface area contributed by atoms with Gasteiger partial charge in [0, 0.05) is 17.8 Å². The minimum atomic E-state index is 0.233. The molecule has 0 saturated carbocycles. The number of nitrogens with one attached hydrogen (secondary N) is 1. The lowest BCUT2D eigenvalue weighted by atomic mass is 10.0. The van der Waals surface area contributed by atoms with Crippen LogP contribution in [0.25, 0.3) is 0 Å². The van der Waals surface area contributed by atoms with Gasteiger partial charge in [0.1, 0.15) is 0 Å². The van der Waals surface area contributed by atoms with Gasteiger partial charge in [0.25, 0.3) is 0 Å². The molecule has 1 rings (SSSR count). The number of aromatic nitrogens is 1. The molecule has 0 radical (unpaired) electrons. The van der Waals surface area contributed by atoms with Crippen molar-refractivity contribution in [3.05, 3.63) is 24.0 Å². The van der Waals surface area contributed by atoms with Gasteiger partial charge in [0.15, 0.2) is 0 Å². The van der Waals surface area contributed by atoms with Crippen LogP contribution in [0.1, 0.15) is 25.0 Å². The van der Waals surface area contributed by atoms with Crippen molar-refractivity contribution in [3.8, 4) is 0 Å². The third kappa shape index (κ3) is 1.39. The summed E-state index contributed by atoms with van der Waals surface area (Å²) in [5, 5.41) is 8.88. The molecule has 0 aromatic carbocycles. The minimum absolute atomic E-state index is 0.233. The first kappa shape index (κ1) is 7.35. The highest BCUT2D eigenvalue weighted by molar-refractivity contribution is 5.09. The second kappa shape index (κ2) is 3.42. The summed E-state index contributed by atoms with van der Waals surface area (Å²) in [6.45, 7) is 2.30. The fraction of sp³-hybridized carbons (Fsp3) is 0.500. The third-order valence-electron chi connectivity index (χ3n) is 1.78. The van der Waals surface area contributed by atoms with E-state index in [4.69, 9.17) is 5.11 Å². The van der Waals surface area contributed by atoms with Gasteiger partial charge in [-0.25, -0.2) is 0 Å². The smallest absolute Gasteiger partial charge is 0.0513 e. The number of hydrogen-bond acceptors (Lipinski definition) is 1. The maximum absolute atomic E-state index is 8.88. The van der Waals surface area contributed by atoms with Gasteiger partial charge in [-0.2, -0.15) is 0 Å². The minimum Gasteiger partial charge on any atom is -0.396 e. The van der Waals surface area contributed by atoms with Crippen LogP contribution in [0.4, 0.5) is 0 Å². The predicted molar refractivity (Wildman–Crippen MR) is 40.9 cm³/mol. The number of aliphatic hydroxyl groups excluding tert-OH is 1. The van der Waals surface area contributed by atoms with Gasteiger partial charge in [0.2, 0.25) is 0 Å². The highest BCUT2D eigenvalue weighted by atomic mass is 16.3. The largest absolute Gasteiger partial charge is 0.396 e. The van der Waals surface area contributed by atoms with Crippen molar-refractivity contribution in [2.75, 3.05) is 6.61 Å². The molecule has 0 saturated heterocycles. The first-order valence-corrected chi connectivity index (χ1v) is 3.62. The first-order valence-electron chi connectivity index (χ1n) is 3.62. The molecule has 1 aromatic rings. The molecule has 0 bridgehead atoms. The monoisotopic (exact) mass is 139 g/mol. The lowest BCUT2D eigenvalue weighted by Crippen LogP contribution is -2.02. The first-order chi connectivity index (χ1) is 4.88. The van der Waals surface area contributed by atoms with E-state index in [0.29, 0.717) is 0 Å². The van der Waals surface area contributed by atoms with E-state index in [1.54, 1.807) is 0 Å². The van der Waals surface area contributed by atoms with Crippen molar-refractivity contribution in [1.29, 1.82) is 0 Å². The molecule has 0 aliphatic carbocycles. The van der Waals surface area contributed by atoms with Gasteiger partial charge in [0.05, 0.1) is 6.61 Å². The lowest BCUT2D eigenvalue weighted by Gasteiger charge is -2.07. The molecule has 0 spiro atoms. The zero-order chi connectivity index (χ0) is 7.40. The van der Waals surface area contributed by atoms with Gasteiger partial charge >= 0.3 is 0 Å². The van der Waals surface area contributed by atoms with E-state index in [9.17, 15) is 0 Å². The fourth-order valence-corrected chi connectivity index (χ4v) is 1.05. The molecule has 56 valence electrons. The lowest BCUT2D eigenvalue weighted by molar-refractivity contribution is 0.260. The van der Waals surface area contributed by atoms with Gasteiger partial charge < -0.3 is 10.1 Å². The van der Waals surface area contributed by atoms with Crippen LogP contribution in [0.2, 0.25) is 0 Å². The van der Waals surface area contributed by atoms with E-state index in [2.05, 4.69) is 11.9 Å². The Kier molecular flexibility index (Phi) is 2.51. The fourth-order valence-electron chi connectivity index (χ4n) is 1.05. The summed E-state index contributed by atoms with van der Waals surface area (Å²) >= 11 is 0. The Labute approximate surface area is 60.9 Å². The summed E-state index contributed by atoms with van der Waals surface area (Å²) in [5.41, 5.74) is 1.13. The third-order valence-corrected chi connectivity index (χ3v) is 1.78. The Balaban J connectivity index is 2.64. The van der Waals surface area contributed by atoms with Crippen LogP contribution in [0.15, 0.2) is 18.3 Å². The van der Waals surface area contributed by atoms with Crippen molar-refractivity contribution in [3.63, 3.8) is 0 Å². The summed E-state index contributed by atoms with van der Waals surface area (Å²) in [6.07, 6.45) is 2.87. The molecule has 0 aliphatic heterocycles. The SMILES string of the molecule is CCC(CO)c1ccc[nH]1. The summed E-state index contributed by atoms with van der Waals surface area (Å²) in [6, 6.07) is 3.96. The zero-order valence-electron chi connectivity index (χ0n) is 6.17. The van der Waals surface area contributed by atoms with E-state index >= 15 is 0 Å². The molecule has 1 unspecified atom stereocenters. The average molecular weight is 139 g/mol. The quantitative estimate of drug-likeness (QED) is 0.654. The normalized spacial score (nSPS) is 13.4. The van der Waals surface area contributed by atoms with E-state index in [1.165, 1.54) is 0 Å². The van der Waals surface area contributed by atoms with E-state index in [-0.39, 0.29) is 12.5 Å². The molecule has 10 heavy (non-hydrogen) atoms. The molecule has 1 atom stereocenters. The van der Waals surface area contributed by atoms with Gasteiger partial charge in [-0.1, -0.05) is 6.92 Å². The summed E-state index contributed by atoms with van der Waals surface area (Å²) in [4.78, 5) is 3.08. The second-order valence-electron chi connectivity index (χ2n) is 2.41. The van der Waals surface area contributed by atoms with Crippen molar-refractivity contribution in [1.82, 2.24) is 4.98 Å². The molecule has 2 heteroatoms. The Morgan fingerprint density at radius 1 is 1.70 bits per heavy atom. The number of aliphatic hydroxyl groups is 1. The van der Waals surface area contributed by atoms with Crippen LogP contribution in [0.3, 0.4) is 0 Å². The maximum Gasteiger partial charge on any atom is 0.0513 e. The number of rotatable bonds is 3. The Hall–Kier alpha value is -0.760. The molecule has 0 aliphatic rings. The molecule has 0 fully saturated rings. The summed E-state index contributed by atoms with van der Waals surface area (Å²) in [5.74, 6) is 0.287. The van der Waals surface area contributed by atoms with Gasteiger partial charge in [-0.15, -0.1) is 0 Å². The van der Waals surface area contributed by atoms with Crippen molar-refractivity contribution < 1.29 is 5.11 Å². The Bertz CT molecular complexity index is 165. The summed E-state index contributed by atoms with van der Waals surface area (Å²) in [7, 11) is 0. The van der Waals surface area contributed by atoms with E-state index in [0.717, 1.165) is 12.1 Å². The highest BCUT2D eigenvalue weighted by Crippen LogP contribution is 2.15. The number of hydrogen-bond donors (Lipinski definition) is 2. The maximum atomic E-state index is 8.88. The number of aromatic amines is 1. The average Bonchev–Trinajstić information content (AvgIpc) is 2.43. The van der Waals surface area contributed by atoms with Crippen molar-refractivity contribution >= 4 is 0 Å². The van der Waals surface area contributed by atoms with Crippen molar-refractivity contribution in [2.45, 2.75) is 19.3 Å². The van der Waals surface area contributed by atoms with Gasteiger partial charge in [-0.3, -0.25) is 0 Å². The van der Waals surface area contributed by atoms with Crippen LogP contribution in [-0.2, 0) is 0 Å². The Morgan fingerprint density at radius 2 is 2.50 bits per heavy atom. The second-order valence-corrected chi connectivity index (χ2v) is 2.41. The molecule has 0 amide bonds. The zero-order valence-corrected chi connectivity index (χ0v) is 6.17.